The van der Waals surface area contributed by atoms with E-state index < -0.39 is 0 Å². The van der Waals surface area contributed by atoms with Gasteiger partial charge in [0, 0.05) is 6.54 Å². The quantitative estimate of drug-likeness (QED) is 0.638. The van der Waals surface area contributed by atoms with Crippen LogP contribution < -0.4 is 4.74 Å². The Bertz CT molecular complexity index is 375. The largest absolute Gasteiger partial charge is 0.494 e. The minimum Gasteiger partial charge on any atom is -0.494 e. The lowest BCUT2D eigenvalue weighted by molar-refractivity contribution is 0.234. The van der Waals surface area contributed by atoms with Gasteiger partial charge in [-0.15, -0.1) is 0 Å². The van der Waals surface area contributed by atoms with Gasteiger partial charge in [0.25, 0.3) is 0 Å². The second-order valence-electron chi connectivity index (χ2n) is 4.68. The lowest BCUT2D eigenvalue weighted by Crippen LogP contribution is -2.27. The standard InChI is InChI=1S/C16H24N2O/c1-3-10-18(11-4-2)12-5-13-19-16-8-6-15(14-17)7-9-16/h6-9H,3-5,10-13H2,1-2H3. The van der Waals surface area contributed by atoms with Crippen LogP contribution >= 0.6 is 0 Å². The molecular formula is C16H24N2O. The number of hydrogen-bond donors (Lipinski definition) is 0. The van der Waals surface area contributed by atoms with E-state index in [2.05, 4.69) is 24.8 Å². The first-order valence-electron chi connectivity index (χ1n) is 7.15. The van der Waals surface area contributed by atoms with Crippen LogP contribution in [0, 0.1) is 11.3 Å². The number of nitriles is 1. The lowest BCUT2D eigenvalue weighted by atomic mass is 10.2. The van der Waals surface area contributed by atoms with E-state index in [0.717, 1.165) is 25.3 Å². The molecule has 0 aliphatic heterocycles. The summed E-state index contributed by atoms with van der Waals surface area (Å²) in [5.41, 5.74) is 0.671. The van der Waals surface area contributed by atoms with E-state index in [9.17, 15) is 0 Å². The van der Waals surface area contributed by atoms with E-state index in [1.807, 2.05) is 12.1 Å². The zero-order valence-corrected chi connectivity index (χ0v) is 12.1. The van der Waals surface area contributed by atoms with Crippen molar-refractivity contribution in [2.45, 2.75) is 33.1 Å². The van der Waals surface area contributed by atoms with Gasteiger partial charge in [-0.25, -0.2) is 0 Å². The van der Waals surface area contributed by atoms with Crippen molar-refractivity contribution in [2.75, 3.05) is 26.2 Å². The molecule has 0 radical (unpaired) electrons. The van der Waals surface area contributed by atoms with Gasteiger partial charge in [0.05, 0.1) is 18.2 Å². The summed E-state index contributed by atoms with van der Waals surface area (Å²) < 4.78 is 5.68. The van der Waals surface area contributed by atoms with Gasteiger partial charge in [-0.2, -0.15) is 5.26 Å². The summed E-state index contributed by atoms with van der Waals surface area (Å²) in [4.78, 5) is 2.49. The monoisotopic (exact) mass is 260 g/mol. The highest BCUT2D eigenvalue weighted by atomic mass is 16.5. The Morgan fingerprint density at radius 1 is 1.05 bits per heavy atom. The minimum atomic E-state index is 0.671. The fourth-order valence-electron chi connectivity index (χ4n) is 2.07. The normalized spacial score (nSPS) is 10.4. The Hall–Kier alpha value is -1.53. The number of benzene rings is 1. The van der Waals surface area contributed by atoms with Gasteiger partial charge in [0.2, 0.25) is 0 Å². The summed E-state index contributed by atoms with van der Waals surface area (Å²) in [6.45, 7) is 8.61. The summed E-state index contributed by atoms with van der Waals surface area (Å²) >= 11 is 0. The molecule has 0 unspecified atom stereocenters. The Labute approximate surface area is 116 Å². The molecule has 0 heterocycles. The summed E-state index contributed by atoms with van der Waals surface area (Å²) in [6, 6.07) is 9.39. The highest BCUT2D eigenvalue weighted by Gasteiger charge is 2.02. The van der Waals surface area contributed by atoms with Gasteiger partial charge in [0.15, 0.2) is 0 Å². The SMILES string of the molecule is CCCN(CCC)CCCOc1ccc(C#N)cc1. The molecule has 0 atom stereocenters. The summed E-state index contributed by atoms with van der Waals surface area (Å²) in [5, 5.41) is 8.71. The Morgan fingerprint density at radius 2 is 1.68 bits per heavy atom. The van der Waals surface area contributed by atoms with E-state index >= 15 is 0 Å². The molecule has 0 bridgehead atoms. The van der Waals surface area contributed by atoms with Crippen LogP contribution in [0.2, 0.25) is 0 Å². The zero-order chi connectivity index (χ0) is 13.9. The van der Waals surface area contributed by atoms with Crippen LogP contribution in [0.15, 0.2) is 24.3 Å². The Morgan fingerprint density at radius 3 is 2.21 bits per heavy atom. The van der Waals surface area contributed by atoms with Gasteiger partial charge in [-0.1, -0.05) is 13.8 Å². The summed E-state index contributed by atoms with van der Waals surface area (Å²) in [6.07, 6.45) is 3.45. The molecule has 0 aromatic heterocycles. The van der Waals surface area contributed by atoms with Gasteiger partial charge in [0.1, 0.15) is 5.75 Å². The molecule has 3 heteroatoms. The number of ether oxygens (including phenoxy) is 1. The van der Waals surface area contributed by atoms with Crippen LogP contribution in [0.4, 0.5) is 0 Å². The van der Waals surface area contributed by atoms with E-state index in [-0.39, 0.29) is 0 Å². The van der Waals surface area contributed by atoms with E-state index in [4.69, 9.17) is 10.00 Å². The number of hydrogen-bond acceptors (Lipinski definition) is 3. The molecule has 0 aliphatic carbocycles. The maximum atomic E-state index is 8.71. The van der Waals surface area contributed by atoms with E-state index in [0.29, 0.717) is 5.56 Å². The second-order valence-corrected chi connectivity index (χ2v) is 4.68. The second kappa shape index (κ2) is 9.41. The smallest absolute Gasteiger partial charge is 0.119 e. The van der Waals surface area contributed by atoms with Crippen molar-refractivity contribution in [1.82, 2.24) is 4.90 Å². The topological polar surface area (TPSA) is 36.3 Å². The lowest BCUT2D eigenvalue weighted by Gasteiger charge is -2.20. The molecule has 104 valence electrons. The van der Waals surface area contributed by atoms with Crippen molar-refractivity contribution < 1.29 is 4.74 Å². The van der Waals surface area contributed by atoms with Gasteiger partial charge in [-0.3, -0.25) is 0 Å². The molecular weight excluding hydrogens is 236 g/mol. The third-order valence-corrected chi connectivity index (χ3v) is 2.95. The average Bonchev–Trinajstić information content (AvgIpc) is 2.44. The third-order valence-electron chi connectivity index (χ3n) is 2.95. The van der Waals surface area contributed by atoms with Crippen LogP contribution in [0.1, 0.15) is 38.7 Å². The molecule has 19 heavy (non-hydrogen) atoms. The van der Waals surface area contributed by atoms with Crippen molar-refractivity contribution in [3.63, 3.8) is 0 Å². The molecule has 0 spiro atoms. The highest BCUT2D eigenvalue weighted by Crippen LogP contribution is 2.11. The van der Waals surface area contributed by atoms with Gasteiger partial charge < -0.3 is 9.64 Å². The van der Waals surface area contributed by atoms with Crippen molar-refractivity contribution in [1.29, 1.82) is 5.26 Å². The predicted octanol–water partition coefficient (Wildman–Crippen LogP) is 3.45. The van der Waals surface area contributed by atoms with Crippen molar-refractivity contribution >= 4 is 0 Å². The highest BCUT2D eigenvalue weighted by molar-refractivity contribution is 5.34. The molecule has 3 nitrogen and oxygen atoms in total. The van der Waals surface area contributed by atoms with E-state index in [1.165, 1.54) is 25.9 Å². The Balaban J connectivity index is 2.23. The molecule has 1 rings (SSSR count). The molecule has 0 fully saturated rings. The molecule has 0 aliphatic rings. The first-order chi connectivity index (χ1) is 9.30. The van der Waals surface area contributed by atoms with E-state index in [1.54, 1.807) is 12.1 Å². The maximum absolute atomic E-state index is 8.71. The third kappa shape index (κ3) is 6.26. The van der Waals surface area contributed by atoms with Crippen molar-refractivity contribution in [3.8, 4) is 11.8 Å². The van der Waals surface area contributed by atoms with Gasteiger partial charge >= 0.3 is 0 Å². The molecule has 1 aromatic carbocycles. The fourth-order valence-corrected chi connectivity index (χ4v) is 2.07. The number of nitrogens with zero attached hydrogens (tertiary/aromatic N) is 2. The molecule has 0 saturated carbocycles. The Kier molecular flexibility index (Phi) is 7.69. The maximum Gasteiger partial charge on any atom is 0.119 e. The van der Waals surface area contributed by atoms with Gasteiger partial charge in [-0.05, 0) is 56.6 Å². The van der Waals surface area contributed by atoms with Crippen molar-refractivity contribution in [2.24, 2.45) is 0 Å². The van der Waals surface area contributed by atoms with Crippen molar-refractivity contribution in [3.05, 3.63) is 29.8 Å². The van der Waals surface area contributed by atoms with Crippen LogP contribution in [-0.2, 0) is 0 Å². The zero-order valence-electron chi connectivity index (χ0n) is 12.1. The van der Waals surface area contributed by atoms with Crippen LogP contribution in [0.5, 0.6) is 5.75 Å². The average molecular weight is 260 g/mol. The molecule has 1 aromatic rings. The molecule has 0 amide bonds. The summed E-state index contributed by atoms with van der Waals surface area (Å²) in [7, 11) is 0. The van der Waals surface area contributed by atoms with Crippen LogP contribution in [0.25, 0.3) is 0 Å². The summed E-state index contributed by atoms with van der Waals surface area (Å²) in [5.74, 6) is 0.844. The number of rotatable bonds is 9. The minimum absolute atomic E-state index is 0.671. The molecule has 0 saturated heterocycles. The van der Waals surface area contributed by atoms with Crippen LogP contribution in [-0.4, -0.2) is 31.1 Å². The molecule has 0 N–H and O–H groups in total. The first kappa shape index (κ1) is 15.5. The first-order valence-corrected chi connectivity index (χ1v) is 7.15. The predicted molar refractivity (Wildman–Crippen MR) is 78.3 cm³/mol. The van der Waals surface area contributed by atoms with Crippen LogP contribution in [0.3, 0.4) is 0 Å². The fraction of sp³-hybridized carbons (Fsp3) is 0.562.